The van der Waals surface area contributed by atoms with Crippen molar-refractivity contribution in [2.24, 2.45) is 11.7 Å². The Kier molecular flexibility index (Phi) is 7.30. The molecule has 1 aromatic heterocycles. The Morgan fingerprint density at radius 2 is 1.97 bits per heavy atom. The lowest BCUT2D eigenvalue weighted by Crippen LogP contribution is -2.36. The van der Waals surface area contributed by atoms with Gasteiger partial charge in [-0.2, -0.15) is 0 Å². The van der Waals surface area contributed by atoms with Crippen LogP contribution < -0.4 is 16.0 Å². The lowest BCUT2D eigenvalue weighted by Gasteiger charge is -2.30. The van der Waals surface area contributed by atoms with Crippen molar-refractivity contribution in [1.82, 2.24) is 10.3 Å². The Hall–Kier alpha value is -3.53. The van der Waals surface area contributed by atoms with Crippen LogP contribution in [0.4, 0.5) is 5.69 Å². The Morgan fingerprint density at radius 3 is 2.74 bits per heavy atom. The smallest absolute Gasteiger partial charge is 0.259 e. The number of para-hydroxylation sites is 1. The summed E-state index contributed by atoms with van der Waals surface area (Å²) in [6, 6.07) is 13.7. The van der Waals surface area contributed by atoms with E-state index in [1.165, 1.54) is 0 Å². The molecule has 0 saturated heterocycles. The topological polar surface area (TPSA) is 91.2 Å². The zero-order valence-electron chi connectivity index (χ0n) is 19.4. The molecule has 7 heteroatoms. The van der Waals surface area contributed by atoms with Gasteiger partial charge < -0.3 is 20.9 Å². The number of hydrogen-bond acceptors (Lipinski definition) is 3. The molecule has 0 atom stereocenters. The Bertz CT molecular complexity index is 1330. The van der Waals surface area contributed by atoms with Crippen LogP contribution in [0.2, 0.25) is 0 Å². The highest BCUT2D eigenvalue weighted by atomic mass is 35.5. The molecule has 5 rings (SSSR count). The first-order valence-electron chi connectivity index (χ1n) is 11.8. The van der Waals surface area contributed by atoms with Crippen molar-refractivity contribution in [1.29, 1.82) is 0 Å². The summed E-state index contributed by atoms with van der Waals surface area (Å²) >= 11 is 0. The molecule has 0 spiro atoms. The lowest BCUT2D eigenvalue weighted by molar-refractivity contribution is -0.113. The van der Waals surface area contributed by atoms with E-state index in [0.717, 1.165) is 53.4 Å². The molecule has 3 aromatic rings. The number of nitrogens with zero attached hydrogens (tertiary/aromatic N) is 1. The minimum absolute atomic E-state index is 0. The fraction of sp³-hybridized carbons (Fsp3) is 0.286. The lowest BCUT2D eigenvalue weighted by atomic mass is 9.86. The first-order chi connectivity index (χ1) is 16.5. The number of nitrogens with two attached hydrogens (primary N) is 1. The number of carbonyl (C=O) groups is 2. The van der Waals surface area contributed by atoms with Gasteiger partial charge in [0.05, 0.1) is 12.2 Å². The average molecular weight is 489 g/mol. The summed E-state index contributed by atoms with van der Waals surface area (Å²) in [6.07, 6.45) is 13.1. The molecule has 0 radical (unpaired) electrons. The number of H-pyrrole nitrogens is 1. The van der Waals surface area contributed by atoms with E-state index in [9.17, 15) is 9.59 Å². The van der Waals surface area contributed by atoms with Gasteiger partial charge in [-0.1, -0.05) is 30.2 Å². The quantitative estimate of drug-likeness (QED) is 0.368. The fourth-order valence-corrected chi connectivity index (χ4v) is 5.05. The second kappa shape index (κ2) is 10.4. The van der Waals surface area contributed by atoms with Crippen LogP contribution in [-0.2, 0) is 4.79 Å². The van der Waals surface area contributed by atoms with Crippen molar-refractivity contribution in [3.63, 3.8) is 0 Å². The largest absolute Gasteiger partial charge is 0.361 e. The molecular formula is C28H29ClN4O2. The molecule has 2 aromatic carbocycles. The number of carbonyl (C=O) groups excluding carboxylic acids is 2. The number of aromatic amines is 1. The first kappa shape index (κ1) is 24.6. The monoisotopic (exact) mass is 488 g/mol. The molecule has 6 nitrogen and oxygen atoms in total. The predicted molar refractivity (Wildman–Crippen MR) is 143 cm³/mol. The number of benzene rings is 2. The summed E-state index contributed by atoms with van der Waals surface area (Å²) in [6.45, 7) is 0.784. The van der Waals surface area contributed by atoms with Crippen LogP contribution in [0.5, 0.6) is 0 Å². The van der Waals surface area contributed by atoms with Gasteiger partial charge in [-0.25, -0.2) is 0 Å². The van der Waals surface area contributed by atoms with Crippen molar-refractivity contribution >= 4 is 52.5 Å². The van der Waals surface area contributed by atoms with Gasteiger partial charge in [0, 0.05) is 51.9 Å². The van der Waals surface area contributed by atoms with E-state index >= 15 is 0 Å². The third kappa shape index (κ3) is 4.84. The van der Waals surface area contributed by atoms with Gasteiger partial charge >= 0.3 is 0 Å². The molecule has 2 heterocycles. The van der Waals surface area contributed by atoms with Crippen molar-refractivity contribution in [2.45, 2.75) is 31.7 Å². The molecule has 0 unspecified atom stereocenters. The van der Waals surface area contributed by atoms with Crippen molar-refractivity contribution in [3.05, 3.63) is 65.4 Å². The third-order valence-corrected chi connectivity index (χ3v) is 6.92. The highest BCUT2D eigenvalue weighted by molar-refractivity contribution is 6.36. The molecule has 2 aliphatic rings. The number of aromatic nitrogens is 1. The van der Waals surface area contributed by atoms with Crippen molar-refractivity contribution in [2.75, 3.05) is 18.0 Å². The van der Waals surface area contributed by atoms with E-state index in [0.29, 0.717) is 23.6 Å². The summed E-state index contributed by atoms with van der Waals surface area (Å²) in [5.41, 5.74) is 10.8. The van der Waals surface area contributed by atoms with Crippen LogP contribution in [0, 0.1) is 18.3 Å². The third-order valence-electron chi connectivity index (χ3n) is 6.92. The Labute approximate surface area is 211 Å². The van der Waals surface area contributed by atoms with Gasteiger partial charge in [0.15, 0.2) is 0 Å². The Morgan fingerprint density at radius 1 is 1.20 bits per heavy atom. The number of nitrogens with one attached hydrogen (secondary N) is 2. The van der Waals surface area contributed by atoms with E-state index in [1.54, 1.807) is 6.07 Å². The van der Waals surface area contributed by atoms with Crippen LogP contribution in [-0.4, -0.2) is 35.9 Å². The summed E-state index contributed by atoms with van der Waals surface area (Å²) < 4.78 is 0. The van der Waals surface area contributed by atoms with Crippen LogP contribution in [0.15, 0.2) is 48.7 Å². The highest BCUT2D eigenvalue weighted by Gasteiger charge is 2.35. The van der Waals surface area contributed by atoms with Gasteiger partial charge in [-0.15, -0.1) is 18.8 Å². The average Bonchev–Trinajstić information content (AvgIpc) is 3.38. The molecule has 0 bridgehead atoms. The van der Waals surface area contributed by atoms with Gasteiger partial charge in [-0.3, -0.25) is 9.59 Å². The van der Waals surface area contributed by atoms with Gasteiger partial charge in [0.25, 0.3) is 11.8 Å². The number of halogens is 1. The zero-order chi connectivity index (χ0) is 23.7. The normalized spacial score (nSPS) is 20.4. The molecule has 2 amide bonds. The number of anilines is 1. The minimum Gasteiger partial charge on any atom is -0.361 e. The fourth-order valence-electron chi connectivity index (χ4n) is 5.05. The highest BCUT2D eigenvalue weighted by Crippen LogP contribution is 2.40. The standard InChI is InChI=1S/C28H28N4O2.ClH/c1-2-13-30-27(33)19-9-12-23-24(14-20-16-31-25-6-4-3-5-22(20)25)28(34)32(26(23)15-19)17-18-7-10-21(29)11-8-18;/h1,3-6,9,12,14-16,18,21,31H,7-8,10-11,13,17,29H2,(H,30,33);1H/b24-14-;. The van der Waals surface area contributed by atoms with Crippen LogP contribution in [0.1, 0.15) is 47.2 Å². The second-order valence-electron chi connectivity index (χ2n) is 9.16. The van der Waals surface area contributed by atoms with Crippen LogP contribution in [0.3, 0.4) is 0 Å². The molecule has 4 N–H and O–H groups in total. The number of terminal acetylenes is 1. The Balaban J connectivity index is 0.00000289. The summed E-state index contributed by atoms with van der Waals surface area (Å²) in [5, 5.41) is 3.77. The van der Waals surface area contributed by atoms with E-state index in [-0.39, 0.29) is 36.8 Å². The number of fused-ring (bicyclic) bond motifs is 2. The van der Waals surface area contributed by atoms with Crippen LogP contribution >= 0.6 is 12.4 Å². The molecule has 1 saturated carbocycles. The summed E-state index contributed by atoms with van der Waals surface area (Å²) in [4.78, 5) is 31.4. The van der Waals surface area contributed by atoms with Crippen LogP contribution in [0.25, 0.3) is 22.6 Å². The van der Waals surface area contributed by atoms with E-state index in [2.05, 4.69) is 16.2 Å². The molecule has 180 valence electrons. The molecule has 35 heavy (non-hydrogen) atoms. The van der Waals surface area contributed by atoms with E-state index < -0.39 is 0 Å². The SMILES string of the molecule is C#CCNC(=O)c1ccc2c(c1)N(CC1CCC(N)CC1)C(=O)/C2=C\c1c[nH]c2ccccc12.Cl. The van der Waals surface area contributed by atoms with E-state index in [4.69, 9.17) is 12.2 Å². The zero-order valence-corrected chi connectivity index (χ0v) is 20.2. The summed E-state index contributed by atoms with van der Waals surface area (Å²) in [7, 11) is 0. The first-order valence-corrected chi connectivity index (χ1v) is 11.8. The minimum atomic E-state index is -0.245. The predicted octanol–water partition coefficient (Wildman–Crippen LogP) is 4.36. The van der Waals surface area contributed by atoms with Gasteiger partial charge in [-0.05, 0) is 55.9 Å². The van der Waals surface area contributed by atoms with Crippen molar-refractivity contribution < 1.29 is 9.59 Å². The maximum absolute atomic E-state index is 13.7. The van der Waals surface area contributed by atoms with Crippen molar-refractivity contribution in [3.8, 4) is 12.3 Å². The molecule has 1 fully saturated rings. The number of rotatable bonds is 5. The maximum Gasteiger partial charge on any atom is 0.259 e. The maximum atomic E-state index is 13.7. The summed E-state index contributed by atoms with van der Waals surface area (Å²) in [5.74, 6) is 2.54. The molecule has 1 aliphatic heterocycles. The van der Waals surface area contributed by atoms with E-state index in [1.807, 2.05) is 53.6 Å². The second-order valence-corrected chi connectivity index (χ2v) is 9.16. The molecular weight excluding hydrogens is 460 g/mol. The number of hydrogen-bond donors (Lipinski definition) is 3. The van der Waals surface area contributed by atoms with Gasteiger partial charge in [0.1, 0.15) is 0 Å². The molecule has 1 aliphatic carbocycles. The number of amides is 2. The van der Waals surface area contributed by atoms with Gasteiger partial charge in [0.2, 0.25) is 0 Å².